The van der Waals surface area contributed by atoms with Crippen molar-refractivity contribution in [3.05, 3.63) is 0 Å². The molecule has 0 aromatic rings. The van der Waals surface area contributed by atoms with Gasteiger partial charge in [0.15, 0.2) is 0 Å². The van der Waals surface area contributed by atoms with Crippen molar-refractivity contribution in [1.29, 1.82) is 0 Å². The van der Waals surface area contributed by atoms with Crippen molar-refractivity contribution in [2.24, 2.45) is 0 Å². The average molecular weight is 372 g/mol. The van der Waals surface area contributed by atoms with Crippen molar-refractivity contribution in [1.82, 2.24) is 5.32 Å². The molecule has 1 unspecified atom stereocenters. The molecule has 0 amide bonds. The molecule has 2 N–H and O–H groups in total. The maximum Gasteiger partial charge on any atom is 0.306 e. The van der Waals surface area contributed by atoms with Gasteiger partial charge in [0.2, 0.25) is 0 Å². The van der Waals surface area contributed by atoms with Gasteiger partial charge < -0.3 is 15.2 Å². The minimum atomic E-state index is 0.00611. The van der Waals surface area contributed by atoms with Crippen LogP contribution in [0.4, 0.5) is 0 Å². The summed E-state index contributed by atoms with van der Waals surface area (Å²) in [5, 5.41) is 11.9. The molecule has 0 saturated heterocycles. The summed E-state index contributed by atoms with van der Waals surface area (Å²) in [6.07, 6.45) is 16.9. The highest BCUT2D eigenvalue weighted by molar-refractivity contribution is 5.69. The lowest BCUT2D eigenvalue weighted by molar-refractivity contribution is -0.150. The second-order valence-corrected chi connectivity index (χ2v) is 7.45. The first-order valence-corrected chi connectivity index (χ1v) is 11.3. The number of unbranched alkanes of at least 4 members (excludes halogenated alkanes) is 9. The third-order valence-corrected chi connectivity index (χ3v) is 4.83. The van der Waals surface area contributed by atoms with Crippen molar-refractivity contribution in [2.45, 2.75) is 116 Å². The van der Waals surface area contributed by atoms with Gasteiger partial charge in [-0.1, -0.05) is 65.2 Å². The van der Waals surface area contributed by atoms with E-state index in [2.05, 4.69) is 19.2 Å². The Labute approximate surface area is 162 Å². The lowest BCUT2D eigenvalue weighted by Gasteiger charge is -2.18. The molecule has 0 aliphatic rings. The van der Waals surface area contributed by atoms with Crippen molar-refractivity contribution in [2.75, 3.05) is 19.7 Å². The molecule has 0 saturated carbocycles. The largest absolute Gasteiger partial charge is 0.462 e. The van der Waals surface area contributed by atoms with E-state index >= 15 is 0 Å². The standard InChI is InChI=1S/C22H45NO3/c1-3-5-7-12-16-21(15-11-6-4-2)26-22(25)17-13-9-8-10-14-18-23-19-20-24/h21,23-24H,3-20H2,1-2H3. The maximum absolute atomic E-state index is 12.1. The van der Waals surface area contributed by atoms with Crippen LogP contribution in [0.25, 0.3) is 0 Å². The molecular weight excluding hydrogens is 326 g/mol. The van der Waals surface area contributed by atoms with E-state index in [9.17, 15) is 4.79 Å². The highest BCUT2D eigenvalue weighted by atomic mass is 16.5. The molecule has 0 aromatic carbocycles. The van der Waals surface area contributed by atoms with Crippen molar-refractivity contribution >= 4 is 5.97 Å². The Kier molecular flexibility index (Phi) is 20.2. The first kappa shape index (κ1) is 25.4. The van der Waals surface area contributed by atoms with Gasteiger partial charge in [0.25, 0.3) is 0 Å². The highest BCUT2D eigenvalue weighted by Gasteiger charge is 2.13. The second-order valence-electron chi connectivity index (χ2n) is 7.45. The van der Waals surface area contributed by atoms with E-state index in [1.165, 1.54) is 57.8 Å². The number of ether oxygens (including phenoxy) is 1. The molecular formula is C22H45NO3. The van der Waals surface area contributed by atoms with Crippen LogP contribution in [-0.4, -0.2) is 36.9 Å². The molecule has 0 rings (SSSR count). The SMILES string of the molecule is CCCCCCC(CCCCC)OC(=O)CCCCCCCNCCO. The zero-order chi connectivity index (χ0) is 19.3. The first-order valence-electron chi connectivity index (χ1n) is 11.3. The van der Waals surface area contributed by atoms with Gasteiger partial charge in [0.1, 0.15) is 6.10 Å². The third-order valence-electron chi connectivity index (χ3n) is 4.83. The molecule has 156 valence electrons. The summed E-state index contributed by atoms with van der Waals surface area (Å²) >= 11 is 0. The lowest BCUT2D eigenvalue weighted by Crippen LogP contribution is -2.19. The van der Waals surface area contributed by atoms with Gasteiger partial charge in [-0.3, -0.25) is 4.79 Å². The number of aliphatic hydroxyl groups is 1. The van der Waals surface area contributed by atoms with Crippen molar-refractivity contribution < 1.29 is 14.6 Å². The number of esters is 1. The van der Waals surface area contributed by atoms with Crippen LogP contribution in [-0.2, 0) is 9.53 Å². The highest BCUT2D eigenvalue weighted by Crippen LogP contribution is 2.16. The summed E-state index contributed by atoms with van der Waals surface area (Å²) in [4.78, 5) is 12.1. The average Bonchev–Trinajstić information content (AvgIpc) is 2.64. The Morgan fingerprint density at radius 3 is 2.08 bits per heavy atom. The van der Waals surface area contributed by atoms with Gasteiger partial charge in [0.05, 0.1) is 6.61 Å². The predicted octanol–water partition coefficient (Wildman–Crippen LogP) is 5.37. The molecule has 4 heteroatoms. The van der Waals surface area contributed by atoms with Crippen LogP contribution in [0.5, 0.6) is 0 Å². The number of rotatable bonds is 20. The Hall–Kier alpha value is -0.610. The monoisotopic (exact) mass is 371 g/mol. The molecule has 0 aromatic heterocycles. The molecule has 0 radical (unpaired) electrons. The summed E-state index contributed by atoms with van der Waals surface area (Å²) in [5.41, 5.74) is 0. The molecule has 0 heterocycles. The number of hydrogen-bond donors (Lipinski definition) is 2. The number of carbonyl (C=O) groups is 1. The minimum Gasteiger partial charge on any atom is -0.462 e. The summed E-state index contributed by atoms with van der Waals surface area (Å²) in [6.45, 7) is 6.30. The van der Waals surface area contributed by atoms with Gasteiger partial charge >= 0.3 is 5.97 Å². The summed E-state index contributed by atoms with van der Waals surface area (Å²) in [5.74, 6) is 0.00611. The lowest BCUT2D eigenvalue weighted by atomic mass is 10.0. The van der Waals surface area contributed by atoms with E-state index in [-0.39, 0.29) is 18.7 Å². The van der Waals surface area contributed by atoms with E-state index in [0.717, 1.165) is 38.6 Å². The Balaban J connectivity index is 3.75. The van der Waals surface area contributed by atoms with E-state index < -0.39 is 0 Å². The molecule has 0 aliphatic carbocycles. The molecule has 0 aliphatic heterocycles. The van der Waals surface area contributed by atoms with Crippen LogP contribution in [0.1, 0.15) is 110 Å². The Morgan fingerprint density at radius 1 is 0.808 bits per heavy atom. The van der Waals surface area contributed by atoms with E-state index in [4.69, 9.17) is 9.84 Å². The van der Waals surface area contributed by atoms with Gasteiger partial charge in [-0.15, -0.1) is 0 Å². The second kappa shape index (κ2) is 20.7. The zero-order valence-electron chi connectivity index (χ0n) is 17.6. The molecule has 0 spiro atoms. The van der Waals surface area contributed by atoms with Crippen molar-refractivity contribution in [3.63, 3.8) is 0 Å². The Morgan fingerprint density at radius 2 is 1.38 bits per heavy atom. The van der Waals surface area contributed by atoms with E-state index in [0.29, 0.717) is 13.0 Å². The zero-order valence-corrected chi connectivity index (χ0v) is 17.6. The van der Waals surface area contributed by atoms with Crippen LogP contribution in [0.3, 0.4) is 0 Å². The van der Waals surface area contributed by atoms with Gasteiger partial charge in [0, 0.05) is 13.0 Å². The molecule has 0 bridgehead atoms. The molecule has 4 nitrogen and oxygen atoms in total. The number of aliphatic hydroxyl groups excluding tert-OH is 1. The molecule has 0 fully saturated rings. The van der Waals surface area contributed by atoms with Crippen LogP contribution >= 0.6 is 0 Å². The van der Waals surface area contributed by atoms with Crippen molar-refractivity contribution in [3.8, 4) is 0 Å². The minimum absolute atomic E-state index is 0.00611. The van der Waals surface area contributed by atoms with Crippen LogP contribution in [0.2, 0.25) is 0 Å². The van der Waals surface area contributed by atoms with E-state index in [1.807, 2.05) is 0 Å². The predicted molar refractivity (Wildman–Crippen MR) is 110 cm³/mol. The maximum atomic E-state index is 12.1. The smallest absolute Gasteiger partial charge is 0.306 e. The van der Waals surface area contributed by atoms with Crippen LogP contribution in [0, 0.1) is 0 Å². The number of hydrogen-bond acceptors (Lipinski definition) is 4. The van der Waals surface area contributed by atoms with Crippen LogP contribution in [0.15, 0.2) is 0 Å². The topological polar surface area (TPSA) is 58.6 Å². The molecule has 1 atom stereocenters. The van der Waals surface area contributed by atoms with Gasteiger partial charge in [-0.05, 0) is 45.1 Å². The third kappa shape index (κ3) is 18.2. The fourth-order valence-electron chi connectivity index (χ4n) is 3.18. The number of carbonyl (C=O) groups excluding carboxylic acids is 1. The fraction of sp³-hybridized carbons (Fsp3) is 0.955. The Bertz CT molecular complexity index is 297. The van der Waals surface area contributed by atoms with Gasteiger partial charge in [-0.25, -0.2) is 0 Å². The quantitative estimate of drug-likeness (QED) is 0.223. The fourth-order valence-corrected chi connectivity index (χ4v) is 3.18. The normalized spacial score (nSPS) is 12.3. The molecule has 26 heavy (non-hydrogen) atoms. The summed E-state index contributed by atoms with van der Waals surface area (Å²) in [7, 11) is 0. The number of nitrogens with one attached hydrogen (secondary N) is 1. The summed E-state index contributed by atoms with van der Waals surface area (Å²) < 4.78 is 5.78. The van der Waals surface area contributed by atoms with Crippen LogP contribution < -0.4 is 5.32 Å². The summed E-state index contributed by atoms with van der Waals surface area (Å²) in [6, 6.07) is 0. The van der Waals surface area contributed by atoms with E-state index in [1.54, 1.807) is 0 Å². The first-order chi connectivity index (χ1) is 12.7. The van der Waals surface area contributed by atoms with Gasteiger partial charge in [-0.2, -0.15) is 0 Å².